The van der Waals surface area contributed by atoms with Crippen LogP contribution in [0, 0.1) is 0 Å². The minimum atomic E-state index is -0.614. The lowest BCUT2D eigenvalue weighted by atomic mass is 10.1. The van der Waals surface area contributed by atoms with Crippen molar-refractivity contribution in [2.24, 2.45) is 0 Å². The monoisotopic (exact) mass is 410 g/mol. The quantitative estimate of drug-likeness (QED) is 0.571. The summed E-state index contributed by atoms with van der Waals surface area (Å²) < 4.78 is 10.2. The molecule has 7 heteroatoms. The highest BCUT2D eigenvalue weighted by atomic mass is 32.1. The molecule has 0 bridgehead atoms. The van der Waals surface area contributed by atoms with Gasteiger partial charge in [0.05, 0.1) is 7.11 Å². The normalized spacial score (nSPS) is 10.4. The highest BCUT2D eigenvalue weighted by Crippen LogP contribution is 2.24. The molecule has 1 N–H and O–H groups in total. The van der Waals surface area contributed by atoms with Gasteiger partial charge in [-0.2, -0.15) is 0 Å². The highest BCUT2D eigenvalue weighted by Gasteiger charge is 2.15. The highest BCUT2D eigenvalue weighted by molar-refractivity contribution is 7.13. The Kier molecular flexibility index (Phi) is 6.97. The van der Waals surface area contributed by atoms with Gasteiger partial charge in [0.25, 0.3) is 5.91 Å². The van der Waals surface area contributed by atoms with E-state index in [1.807, 2.05) is 48.5 Å². The van der Waals surface area contributed by atoms with Gasteiger partial charge in [-0.15, -0.1) is 11.3 Å². The Balaban J connectivity index is 1.48. The summed E-state index contributed by atoms with van der Waals surface area (Å²) in [5.74, 6) is -0.241. The fourth-order valence-electron chi connectivity index (χ4n) is 2.58. The number of carbonyl (C=O) groups is 2. The average molecular weight is 410 g/mol. The number of amides is 1. The van der Waals surface area contributed by atoms with E-state index in [1.54, 1.807) is 12.5 Å². The number of aryl methyl sites for hydroxylation is 1. The van der Waals surface area contributed by atoms with Crippen LogP contribution in [0.4, 0.5) is 0 Å². The second kappa shape index (κ2) is 9.84. The predicted octanol–water partition coefficient (Wildman–Crippen LogP) is 3.85. The third kappa shape index (κ3) is 5.65. The van der Waals surface area contributed by atoms with Gasteiger partial charge in [0, 0.05) is 17.5 Å². The minimum absolute atomic E-state index is 0.201. The fraction of sp³-hybridized carbons (Fsp3) is 0.227. The van der Waals surface area contributed by atoms with Crippen molar-refractivity contribution in [1.29, 1.82) is 0 Å². The second-order valence-electron chi connectivity index (χ2n) is 6.29. The predicted molar refractivity (Wildman–Crippen MR) is 112 cm³/mol. The van der Waals surface area contributed by atoms with Crippen molar-refractivity contribution in [2.45, 2.75) is 19.9 Å². The van der Waals surface area contributed by atoms with Crippen LogP contribution < -0.4 is 10.1 Å². The number of esters is 1. The van der Waals surface area contributed by atoms with E-state index < -0.39 is 5.97 Å². The maximum absolute atomic E-state index is 12.2. The van der Waals surface area contributed by atoms with Gasteiger partial charge in [-0.1, -0.05) is 43.3 Å². The molecule has 0 fully saturated rings. The van der Waals surface area contributed by atoms with Gasteiger partial charge in [0.1, 0.15) is 10.8 Å². The maximum atomic E-state index is 12.2. The summed E-state index contributed by atoms with van der Waals surface area (Å²) in [7, 11) is 1.60. The first-order valence-electron chi connectivity index (χ1n) is 9.20. The molecule has 0 saturated carbocycles. The lowest BCUT2D eigenvalue weighted by Gasteiger charge is -2.07. The average Bonchev–Trinajstić information content (AvgIpc) is 3.27. The van der Waals surface area contributed by atoms with Gasteiger partial charge in [0.2, 0.25) is 0 Å². The van der Waals surface area contributed by atoms with Crippen LogP contribution in [0.2, 0.25) is 0 Å². The summed E-state index contributed by atoms with van der Waals surface area (Å²) in [4.78, 5) is 28.4. The molecule has 6 nitrogen and oxygen atoms in total. The van der Waals surface area contributed by atoms with Gasteiger partial charge in [-0.3, -0.25) is 4.79 Å². The Morgan fingerprint density at radius 3 is 2.38 bits per heavy atom. The number of nitrogens with zero attached hydrogens (tertiary/aromatic N) is 1. The molecular weight excluding hydrogens is 388 g/mol. The molecule has 0 spiro atoms. The van der Waals surface area contributed by atoms with E-state index in [1.165, 1.54) is 16.9 Å². The first kappa shape index (κ1) is 20.5. The van der Waals surface area contributed by atoms with E-state index in [0.717, 1.165) is 28.3 Å². The zero-order valence-electron chi connectivity index (χ0n) is 16.3. The number of rotatable bonds is 8. The number of hydrogen-bond acceptors (Lipinski definition) is 6. The minimum Gasteiger partial charge on any atom is -0.497 e. The van der Waals surface area contributed by atoms with E-state index >= 15 is 0 Å². The summed E-state index contributed by atoms with van der Waals surface area (Å²) in [6.45, 7) is 2.09. The molecule has 3 rings (SSSR count). The Labute approximate surface area is 173 Å². The Morgan fingerprint density at radius 1 is 1.03 bits per heavy atom. The number of benzene rings is 2. The zero-order chi connectivity index (χ0) is 20.6. The Hall–Kier alpha value is -3.19. The summed E-state index contributed by atoms with van der Waals surface area (Å²) in [6, 6.07) is 15.4. The Morgan fingerprint density at radius 2 is 1.72 bits per heavy atom. The molecule has 150 valence electrons. The number of thiazole rings is 1. The van der Waals surface area contributed by atoms with E-state index in [0.29, 0.717) is 6.54 Å². The molecule has 0 aliphatic heterocycles. The zero-order valence-corrected chi connectivity index (χ0v) is 17.1. The van der Waals surface area contributed by atoms with Gasteiger partial charge in [-0.25, -0.2) is 9.78 Å². The lowest BCUT2D eigenvalue weighted by Crippen LogP contribution is -2.28. The molecule has 0 unspecified atom stereocenters. The molecule has 0 aliphatic rings. The van der Waals surface area contributed by atoms with Gasteiger partial charge in [0.15, 0.2) is 12.3 Å². The largest absolute Gasteiger partial charge is 0.497 e. The third-order valence-corrected chi connectivity index (χ3v) is 5.20. The van der Waals surface area contributed by atoms with Crippen LogP contribution in [-0.2, 0) is 22.5 Å². The van der Waals surface area contributed by atoms with Gasteiger partial charge in [-0.05, 0) is 29.7 Å². The first-order chi connectivity index (χ1) is 14.1. The van der Waals surface area contributed by atoms with Crippen LogP contribution in [0.1, 0.15) is 28.5 Å². The number of aromatic nitrogens is 1. The number of carbonyl (C=O) groups excluding carboxylic acids is 2. The molecule has 0 radical (unpaired) electrons. The number of hydrogen-bond donors (Lipinski definition) is 1. The molecule has 0 saturated heterocycles. The molecule has 3 aromatic rings. The molecule has 29 heavy (non-hydrogen) atoms. The number of methoxy groups -OCH3 is 1. The topological polar surface area (TPSA) is 77.5 Å². The first-order valence-corrected chi connectivity index (χ1v) is 10.1. The van der Waals surface area contributed by atoms with Crippen LogP contribution in [0.3, 0.4) is 0 Å². The SMILES string of the molecule is CCc1ccc(-c2nc(C(=O)OCC(=O)NCc3ccc(OC)cc3)cs2)cc1. The molecular formula is C22H22N2O4S. The van der Waals surface area contributed by atoms with E-state index in [4.69, 9.17) is 9.47 Å². The van der Waals surface area contributed by atoms with Gasteiger partial charge < -0.3 is 14.8 Å². The summed E-state index contributed by atoms with van der Waals surface area (Å²) in [6.07, 6.45) is 0.969. The summed E-state index contributed by atoms with van der Waals surface area (Å²) >= 11 is 1.37. The number of ether oxygens (including phenoxy) is 2. The second-order valence-corrected chi connectivity index (χ2v) is 7.15. The van der Waals surface area contributed by atoms with Crippen molar-refractivity contribution in [1.82, 2.24) is 10.3 Å². The lowest BCUT2D eigenvalue weighted by molar-refractivity contribution is -0.124. The van der Waals surface area contributed by atoms with Crippen molar-refractivity contribution in [3.8, 4) is 16.3 Å². The van der Waals surface area contributed by atoms with Crippen LogP contribution in [0.15, 0.2) is 53.9 Å². The van der Waals surface area contributed by atoms with E-state index in [-0.39, 0.29) is 18.2 Å². The molecule has 1 aromatic heterocycles. The van der Waals surface area contributed by atoms with Crippen LogP contribution >= 0.6 is 11.3 Å². The van der Waals surface area contributed by atoms with Crippen LogP contribution in [0.25, 0.3) is 10.6 Å². The molecule has 2 aromatic carbocycles. The van der Waals surface area contributed by atoms with Crippen molar-refractivity contribution in [3.05, 3.63) is 70.7 Å². The Bertz CT molecular complexity index is 965. The fourth-order valence-corrected chi connectivity index (χ4v) is 3.38. The smallest absolute Gasteiger partial charge is 0.358 e. The van der Waals surface area contributed by atoms with Crippen molar-refractivity contribution < 1.29 is 19.1 Å². The van der Waals surface area contributed by atoms with Crippen LogP contribution in [0.5, 0.6) is 5.75 Å². The molecule has 0 aliphatic carbocycles. The summed E-state index contributed by atoms with van der Waals surface area (Å²) in [5.41, 5.74) is 3.31. The summed E-state index contributed by atoms with van der Waals surface area (Å²) in [5, 5.41) is 5.09. The third-order valence-electron chi connectivity index (χ3n) is 4.31. The van der Waals surface area contributed by atoms with Crippen molar-refractivity contribution in [3.63, 3.8) is 0 Å². The van der Waals surface area contributed by atoms with Crippen LogP contribution in [-0.4, -0.2) is 30.6 Å². The van der Waals surface area contributed by atoms with Crippen molar-refractivity contribution >= 4 is 23.2 Å². The molecule has 1 heterocycles. The maximum Gasteiger partial charge on any atom is 0.358 e. The molecule has 0 atom stereocenters. The van der Waals surface area contributed by atoms with Crippen molar-refractivity contribution in [2.75, 3.05) is 13.7 Å². The van der Waals surface area contributed by atoms with E-state index in [9.17, 15) is 9.59 Å². The molecule has 1 amide bonds. The van der Waals surface area contributed by atoms with E-state index in [2.05, 4.69) is 17.2 Å². The number of nitrogens with one attached hydrogen (secondary N) is 1. The van der Waals surface area contributed by atoms with Gasteiger partial charge >= 0.3 is 5.97 Å². The standard InChI is InChI=1S/C22H22N2O4S/c1-3-15-4-8-17(9-5-15)21-24-19(14-29-21)22(26)28-13-20(25)23-12-16-6-10-18(27-2)11-7-16/h4-11,14H,3,12-13H2,1-2H3,(H,23,25).